The zero-order chi connectivity index (χ0) is 13.5. The SMILES string of the molecule is NCCOB(OCCN)OCCN.O=[P+](O)O. The molecule has 8 N–H and O–H groups in total. The molecule has 9 nitrogen and oxygen atoms in total. The topological polar surface area (TPSA) is 163 Å². The second-order valence-corrected chi connectivity index (χ2v) is 3.03. The van der Waals surface area contributed by atoms with Gasteiger partial charge in [0, 0.05) is 44.0 Å². The van der Waals surface area contributed by atoms with Crippen LogP contribution in [0.25, 0.3) is 0 Å². The Balaban J connectivity index is 0. The van der Waals surface area contributed by atoms with Gasteiger partial charge >= 0.3 is 15.6 Å². The average Bonchev–Trinajstić information content (AvgIpc) is 2.27. The van der Waals surface area contributed by atoms with E-state index >= 15 is 0 Å². The molecule has 17 heavy (non-hydrogen) atoms. The van der Waals surface area contributed by atoms with Crippen molar-refractivity contribution in [3.8, 4) is 0 Å². The van der Waals surface area contributed by atoms with E-state index in [1.54, 1.807) is 0 Å². The van der Waals surface area contributed by atoms with Gasteiger partial charge in [0.1, 0.15) is 0 Å². The normalized spacial score (nSPS) is 9.47. The van der Waals surface area contributed by atoms with Crippen molar-refractivity contribution in [2.24, 2.45) is 17.2 Å². The molecule has 0 radical (unpaired) electrons. The average molecular weight is 272 g/mol. The van der Waals surface area contributed by atoms with Crippen LogP contribution < -0.4 is 17.2 Å². The molecule has 0 fully saturated rings. The highest BCUT2D eigenvalue weighted by Gasteiger charge is 2.19. The van der Waals surface area contributed by atoms with Crippen LogP contribution in [0.2, 0.25) is 0 Å². The molecule has 0 atom stereocenters. The van der Waals surface area contributed by atoms with Gasteiger partial charge in [-0.15, -0.1) is 9.79 Å². The van der Waals surface area contributed by atoms with Crippen molar-refractivity contribution in [2.45, 2.75) is 0 Å². The maximum atomic E-state index is 8.70. The van der Waals surface area contributed by atoms with E-state index in [1.807, 2.05) is 0 Å². The van der Waals surface area contributed by atoms with Crippen molar-refractivity contribution >= 4 is 15.6 Å². The molecule has 0 heterocycles. The molecule has 11 heteroatoms. The minimum atomic E-state index is -2.87. The van der Waals surface area contributed by atoms with Crippen LogP contribution in [0, 0.1) is 0 Å². The summed E-state index contributed by atoms with van der Waals surface area (Å²) in [4.78, 5) is 14.2. The second-order valence-electron chi connectivity index (χ2n) is 2.52. The lowest BCUT2D eigenvalue weighted by molar-refractivity contribution is 0.100. The second kappa shape index (κ2) is 15.8. The fourth-order valence-electron chi connectivity index (χ4n) is 0.637. The van der Waals surface area contributed by atoms with Crippen molar-refractivity contribution in [3.63, 3.8) is 0 Å². The highest BCUT2D eigenvalue weighted by atomic mass is 31.1. The van der Waals surface area contributed by atoms with Crippen LogP contribution in [0.15, 0.2) is 0 Å². The summed E-state index contributed by atoms with van der Waals surface area (Å²) in [7, 11) is -3.57. The quantitative estimate of drug-likeness (QED) is 0.226. The molecule has 0 bridgehead atoms. The van der Waals surface area contributed by atoms with Crippen LogP contribution in [0.4, 0.5) is 0 Å². The standard InChI is InChI=1S/C6H18BN3O3.HO3P/c8-1-4-11-7(12-5-2-9)13-6-3-10;1-4(2)3/h1-6,8-10H2;(H-,1,2,3)/p+1. The van der Waals surface area contributed by atoms with Gasteiger partial charge in [-0.2, -0.15) is 0 Å². The predicted octanol–water partition coefficient (Wildman–Crippen LogP) is -2.47. The van der Waals surface area contributed by atoms with Gasteiger partial charge in [-0.05, 0) is 0 Å². The van der Waals surface area contributed by atoms with Crippen LogP contribution in [-0.4, -0.2) is 56.6 Å². The minimum absolute atomic E-state index is 0.389. The number of rotatable bonds is 9. The van der Waals surface area contributed by atoms with Gasteiger partial charge in [0.2, 0.25) is 0 Å². The van der Waals surface area contributed by atoms with Gasteiger partial charge in [-0.25, -0.2) is 0 Å². The smallest absolute Gasteiger partial charge is 0.385 e. The fraction of sp³-hybridized carbons (Fsp3) is 1.00. The largest absolute Gasteiger partial charge is 0.692 e. The third-order valence-corrected chi connectivity index (χ3v) is 1.12. The summed E-state index contributed by atoms with van der Waals surface area (Å²) >= 11 is 0. The summed E-state index contributed by atoms with van der Waals surface area (Å²) in [6.45, 7) is 2.44. The fourth-order valence-corrected chi connectivity index (χ4v) is 0.637. The summed E-state index contributed by atoms with van der Waals surface area (Å²) in [6, 6.07) is 0. The molecule has 0 unspecified atom stereocenters. The molecule has 0 saturated heterocycles. The van der Waals surface area contributed by atoms with Crippen molar-refractivity contribution in [1.29, 1.82) is 0 Å². The van der Waals surface area contributed by atoms with Gasteiger partial charge < -0.3 is 31.2 Å². The molecule has 0 saturated carbocycles. The van der Waals surface area contributed by atoms with Gasteiger partial charge in [-0.1, -0.05) is 0 Å². The monoisotopic (exact) mass is 272 g/mol. The molecule has 0 aromatic heterocycles. The van der Waals surface area contributed by atoms with Crippen molar-refractivity contribution < 1.29 is 28.3 Å². The first-order chi connectivity index (χ1) is 8.08. The first kappa shape index (κ1) is 19.2. The predicted molar refractivity (Wildman–Crippen MR) is 62.8 cm³/mol. The van der Waals surface area contributed by atoms with Crippen molar-refractivity contribution in [2.75, 3.05) is 39.5 Å². The van der Waals surface area contributed by atoms with Gasteiger partial charge in [0.25, 0.3) is 0 Å². The van der Waals surface area contributed by atoms with Gasteiger partial charge in [0.15, 0.2) is 0 Å². The van der Waals surface area contributed by atoms with Crippen molar-refractivity contribution in [1.82, 2.24) is 0 Å². The molecule has 0 spiro atoms. The summed E-state index contributed by atoms with van der Waals surface area (Å²) in [5.74, 6) is 0. The molecule has 102 valence electrons. The highest BCUT2D eigenvalue weighted by Crippen LogP contribution is 1.98. The highest BCUT2D eigenvalue weighted by molar-refractivity contribution is 7.30. The minimum Gasteiger partial charge on any atom is -0.385 e. The summed E-state index contributed by atoms with van der Waals surface area (Å²) in [5.41, 5.74) is 15.7. The van der Waals surface area contributed by atoms with Gasteiger partial charge in [-0.3, -0.25) is 0 Å². The molecule has 0 aliphatic heterocycles. The van der Waals surface area contributed by atoms with E-state index in [-0.39, 0.29) is 0 Å². The summed E-state index contributed by atoms with van der Waals surface area (Å²) in [6.07, 6.45) is 0. The van der Waals surface area contributed by atoms with E-state index in [1.165, 1.54) is 0 Å². The van der Waals surface area contributed by atoms with E-state index in [2.05, 4.69) is 0 Å². The van der Waals surface area contributed by atoms with Gasteiger partial charge in [0.05, 0.1) is 0 Å². The van der Waals surface area contributed by atoms with E-state index in [0.717, 1.165) is 0 Å². The van der Waals surface area contributed by atoms with Crippen LogP contribution in [0.5, 0.6) is 0 Å². The van der Waals surface area contributed by atoms with Crippen molar-refractivity contribution in [3.05, 3.63) is 0 Å². The Bertz CT molecular complexity index is 157. The Labute approximate surface area is 101 Å². The number of hydrogen-bond acceptors (Lipinski definition) is 7. The third kappa shape index (κ3) is 21.6. The van der Waals surface area contributed by atoms with Crippen LogP contribution in [0.3, 0.4) is 0 Å². The van der Waals surface area contributed by atoms with E-state index in [0.29, 0.717) is 39.5 Å². The maximum Gasteiger partial charge on any atom is 0.692 e. The Morgan fingerprint density at radius 1 is 0.882 bits per heavy atom. The first-order valence-electron chi connectivity index (χ1n) is 4.88. The molecule has 0 aromatic carbocycles. The van der Waals surface area contributed by atoms with Crippen LogP contribution >= 0.6 is 8.25 Å². The molecule has 0 aromatic rings. The zero-order valence-corrected chi connectivity index (χ0v) is 10.4. The Hall–Kier alpha value is -0.155. The maximum absolute atomic E-state index is 8.70. The van der Waals surface area contributed by atoms with Crippen LogP contribution in [-0.2, 0) is 18.5 Å². The number of hydrogen-bond donors (Lipinski definition) is 5. The zero-order valence-electron chi connectivity index (χ0n) is 9.53. The van der Waals surface area contributed by atoms with E-state index < -0.39 is 15.6 Å². The van der Waals surface area contributed by atoms with Crippen LogP contribution in [0.1, 0.15) is 0 Å². The molecule has 0 aliphatic rings. The Kier molecular flexibility index (Phi) is 17.9. The lowest BCUT2D eigenvalue weighted by Gasteiger charge is -2.12. The molecule has 0 aliphatic carbocycles. The lowest BCUT2D eigenvalue weighted by Crippen LogP contribution is -2.33. The summed E-state index contributed by atoms with van der Waals surface area (Å²) < 4.78 is 24.0. The molecule has 0 rings (SSSR count). The number of nitrogens with two attached hydrogens (primary N) is 3. The molecular weight excluding hydrogens is 252 g/mol. The van der Waals surface area contributed by atoms with E-state index in [9.17, 15) is 0 Å². The molecular formula is C6H20BN3O6P+. The Morgan fingerprint density at radius 2 is 1.12 bits per heavy atom. The summed E-state index contributed by atoms with van der Waals surface area (Å²) in [5, 5.41) is 0. The Morgan fingerprint density at radius 3 is 1.29 bits per heavy atom. The molecule has 0 amide bonds. The van der Waals surface area contributed by atoms with E-state index in [4.69, 9.17) is 45.5 Å². The third-order valence-electron chi connectivity index (χ3n) is 1.12. The lowest BCUT2D eigenvalue weighted by atomic mass is 10.2. The first-order valence-corrected chi connectivity index (χ1v) is 6.05.